The molecule has 11 heteroatoms. The van der Waals surface area contributed by atoms with Gasteiger partial charge in [0.1, 0.15) is 0 Å². The average molecular weight is 393 g/mol. The number of sulfone groups is 1. The van der Waals surface area contributed by atoms with Crippen molar-refractivity contribution < 1.29 is 22.7 Å². The first-order valence-corrected chi connectivity index (χ1v) is 10.3. The van der Waals surface area contributed by atoms with Crippen LogP contribution in [0.3, 0.4) is 0 Å². The van der Waals surface area contributed by atoms with Gasteiger partial charge in [0.15, 0.2) is 0 Å². The van der Waals surface area contributed by atoms with Crippen LogP contribution in [0.25, 0.3) is 0 Å². The van der Waals surface area contributed by atoms with E-state index in [1.165, 1.54) is 19.0 Å². The minimum absolute atomic E-state index is 0.109. The van der Waals surface area contributed by atoms with Gasteiger partial charge in [-0.3, -0.25) is 0 Å². The summed E-state index contributed by atoms with van der Waals surface area (Å²) in [5.74, 6) is -0.227. The number of hydrogen-bond donors (Lipinski definition) is 0. The van der Waals surface area contributed by atoms with Crippen LogP contribution in [0.15, 0.2) is 9.33 Å². The molecule has 0 fully saturated rings. The predicted molar refractivity (Wildman–Crippen MR) is 93.3 cm³/mol. The monoisotopic (exact) mass is 392 g/mol. The normalized spacial score (nSPS) is 12.5. The molecule has 0 spiro atoms. The number of carbonyl (C=O) groups is 2. The van der Waals surface area contributed by atoms with Crippen LogP contribution < -0.4 is 4.80 Å². The van der Waals surface area contributed by atoms with Crippen LogP contribution in [0.1, 0.15) is 33.6 Å². The Bertz CT molecular complexity index is 777. The van der Waals surface area contributed by atoms with Crippen LogP contribution in [0.5, 0.6) is 0 Å². The molecular weight excluding hydrogens is 368 g/mol. The van der Waals surface area contributed by atoms with Crippen LogP contribution >= 0.6 is 11.3 Å². The van der Waals surface area contributed by atoms with Gasteiger partial charge in [-0.05, 0) is 12.3 Å². The number of unbranched alkanes of at least 4 members (excludes halogenated alkanes) is 1. The second-order valence-corrected chi connectivity index (χ2v) is 9.16. The fraction of sp³-hybridized carbons (Fsp3) is 0.714. The lowest BCUT2D eigenvalue weighted by molar-refractivity contribution is 0.141. The smallest absolute Gasteiger partial charge is 0.437 e. The Hall–Kier alpha value is -1.75. The molecule has 142 valence electrons. The Labute approximate surface area is 151 Å². The number of urea groups is 1. The maximum absolute atomic E-state index is 12.4. The first-order valence-electron chi connectivity index (χ1n) is 7.84. The molecule has 0 aromatic carbocycles. The van der Waals surface area contributed by atoms with Gasteiger partial charge in [-0.2, -0.15) is 4.99 Å². The summed E-state index contributed by atoms with van der Waals surface area (Å²) in [5.41, 5.74) is 0. The summed E-state index contributed by atoms with van der Waals surface area (Å²) in [6.45, 7) is 5.64. The molecule has 9 nitrogen and oxygen atoms in total. The van der Waals surface area contributed by atoms with Crippen molar-refractivity contribution in [3.8, 4) is 0 Å². The molecule has 1 heterocycles. The molecule has 0 radical (unpaired) electrons. The maximum atomic E-state index is 12.4. The molecule has 1 aromatic rings. The second kappa shape index (κ2) is 9.09. The Kier molecular flexibility index (Phi) is 7.74. The fourth-order valence-electron chi connectivity index (χ4n) is 1.64. The third-order valence-corrected chi connectivity index (χ3v) is 6.26. The number of hydrogen-bond acceptors (Lipinski definition) is 7. The summed E-state index contributed by atoms with van der Waals surface area (Å²) >= 11 is 0.671. The summed E-state index contributed by atoms with van der Waals surface area (Å²) in [5, 5.41) is 3.83. The largest absolute Gasteiger partial charge is 0.448 e. The van der Waals surface area contributed by atoms with Gasteiger partial charge in [0, 0.05) is 14.1 Å². The molecule has 2 amide bonds. The van der Waals surface area contributed by atoms with E-state index in [0.29, 0.717) is 17.8 Å². The molecule has 0 bridgehead atoms. The minimum atomic E-state index is -3.68. The van der Waals surface area contributed by atoms with Crippen LogP contribution in [0.4, 0.5) is 9.59 Å². The molecule has 0 aliphatic rings. The molecule has 0 saturated heterocycles. The summed E-state index contributed by atoms with van der Waals surface area (Å²) < 4.78 is 30.2. The lowest BCUT2D eigenvalue weighted by Crippen LogP contribution is -2.29. The van der Waals surface area contributed by atoms with Crippen molar-refractivity contribution in [2.24, 2.45) is 10.9 Å². The Balaban J connectivity index is 3.33. The zero-order valence-corrected chi connectivity index (χ0v) is 16.7. The van der Waals surface area contributed by atoms with E-state index in [1.807, 2.05) is 6.92 Å². The lowest BCUT2D eigenvalue weighted by Gasteiger charge is -2.05. The lowest BCUT2D eigenvalue weighted by atomic mass is 10.3. The zero-order chi connectivity index (χ0) is 19.2. The van der Waals surface area contributed by atoms with Gasteiger partial charge in [0.2, 0.25) is 19.0 Å². The van der Waals surface area contributed by atoms with E-state index in [0.717, 1.165) is 11.1 Å². The summed E-state index contributed by atoms with van der Waals surface area (Å²) in [6.07, 6.45) is 0.637. The van der Waals surface area contributed by atoms with Crippen molar-refractivity contribution in [3.63, 3.8) is 0 Å². The van der Waals surface area contributed by atoms with Gasteiger partial charge in [0.05, 0.1) is 12.4 Å². The van der Waals surface area contributed by atoms with Gasteiger partial charge < -0.3 is 9.64 Å². The zero-order valence-electron chi connectivity index (χ0n) is 15.1. The number of rotatable bonds is 6. The molecule has 25 heavy (non-hydrogen) atoms. The number of carbonyl (C=O) groups excluding carboxylic acids is 2. The Morgan fingerprint density at radius 2 is 2.00 bits per heavy atom. The number of amides is 2. The molecule has 0 aliphatic heterocycles. The molecule has 0 saturated carbocycles. The van der Waals surface area contributed by atoms with E-state index >= 15 is 0 Å². The van der Waals surface area contributed by atoms with Crippen molar-refractivity contribution in [1.29, 1.82) is 0 Å². The number of ether oxygens (including phenoxy) is 1. The standard InChI is InChI=1S/C14H24N4O5S2/c1-6-7-8-23-14(20)18-12(15-11(19)17(4)5)24-13(16-18)25(21,22)9-10(2)3/h10H,6-9H2,1-5H3. The highest BCUT2D eigenvalue weighted by molar-refractivity contribution is 7.93. The molecule has 0 atom stereocenters. The van der Waals surface area contributed by atoms with E-state index in [9.17, 15) is 18.0 Å². The molecule has 0 aliphatic carbocycles. The summed E-state index contributed by atoms with van der Waals surface area (Å²) in [6, 6.07) is -0.633. The molecule has 1 aromatic heterocycles. The Morgan fingerprint density at radius 3 is 2.52 bits per heavy atom. The highest BCUT2D eigenvalue weighted by atomic mass is 32.2. The number of nitrogens with zero attached hydrogens (tertiary/aromatic N) is 4. The van der Waals surface area contributed by atoms with Crippen molar-refractivity contribution in [1.82, 2.24) is 14.7 Å². The average Bonchev–Trinajstić information content (AvgIpc) is 2.90. The van der Waals surface area contributed by atoms with E-state index in [2.05, 4.69) is 10.1 Å². The minimum Gasteiger partial charge on any atom is -0.448 e. The quantitative estimate of drug-likeness (QED) is 0.682. The Morgan fingerprint density at radius 1 is 1.36 bits per heavy atom. The van der Waals surface area contributed by atoms with Gasteiger partial charge >= 0.3 is 12.1 Å². The molecule has 0 unspecified atom stereocenters. The van der Waals surface area contributed by atoms with Crippen molar-refractivity contribution >= 4 is 33.3 Å². The van der Waals surface area contributed by atoms with Gasteiger partial charge in [-0.1, -0.05) is 38.5 Å². The van der Waals surface area contributed by atoms with Crippen LogP contribution in [0, 0.1) is 5.92 Å². The SMILES string of the molecule is CCCCOC(=O)n1nc(S(=O)(=O)CC(C)C)sc1=NC(=O)N(C)C. The van der Waals surface area contributed by atoms with Crippen molar-refractivity contribution in [3.05, 3.63) is 4.80 Å². The highest BCUT2D eigenvalue weighted by Crippen LogP contribution is 2.14. The second-order valence-electron chi connectivity index (χ2n) is 5.99. The number of aromatic nitrogens is 2. The fourth-order valence-corrected chi connectivity index (χ4v) is 4.40. The summed E-state index contributed by atoms with van der Waals surface area (Å²) in [4.78, 5) is 28.8. The van der Waals surface area contributed by atoms with E-state index in [4.69, 9.17) is 4.74 Å². The molecule has 1 rings (SSSR count). The van der Waals surface area contributed by atoms with E-state index in [1.54, 1.807) is 13.8 Å². The molecular formula is C14H24N4O5S2. The van der Waals surface area contributed by atoms with Gasteiger partial charge in [-0.25, -0.2) is 18.0 Å². The van der Waals surface area contributed by atoms with E-state index in [-0.39, 0.29) is 27.4 Å². The van der Waals surface area contributed by atoms with Crippen LogP contribution in [-0.2, 0) is 14.6 Å². The van der Waals surface area contributed by atoms with E-state index < -0.39 is 22.0 Å². The van der Waals surface area contributed by atoms with Crippen molar-refractivity contribution in [2.75, 3.05) is 26.5 Å². The highest BCUT2D eigenvalue weighted by Gasteiger charge is 2.25. The maximum Gasteiger partial charge on any atom is 0.437 e. The van der Waals surface area contributed by atoms with Crippen LogP contribution in [0.2, 0.25) is 0 Å². The first kappa shape index (κ1) is 21.3. The predicted octanol–water partition coefficient (Wildman–Crippen LogP) is 1.74. The molecule has 0 N–H and O–H groups in total. The third-order valence-electron chi connectivity index (χ3n) is 2.83. The topological polar surface area (TPSA) is 111 Å². The van der Waals surface area contributed by atoms with Crippen molar-refractivity contribution in [2.45, 2.75) is 38.0 Å². The van der Waals surface area contributed by atoms with Crippen LogP contribution in [-0.4, -0.2) is 61.7 Å². The van der Waals surface area contributed by atoms with Gasteiger partial charge in [0.25, 0.3) is 0 Å². The first-order chi connectivity index (χ1) is 11.6. The van der Waals surface area contributed by atoms with Gasteiger partial charge in [-0.15, -0.1) is 9.78 Å². The summed E-state index contributed by atoms with van der Waals surface area (Å²) in [7, 11) is -0.696. The third kappa shape index (κ3) is 6.24.